The van der Waals surface area contributed by atoms with E-state index in [4.69, 9.17) is 16.7 Å². The third-order valence-electron chi connectivity index (χ3n) is 2.50. The molecule has 0 aliphatic rings. The lowest BCUT2D eigenvalue weighted by atomic mass is 10.2. The first kappa shape index (κ1) is 17.3. The van der Waals surface area contributed by atoms with Crippen LogP contribution in [-0.2, 0) is 19.6 Å². The maximum atomic E-state index is 11.8. The van der Waals surface area contributed by atoms with E-state index in [1.54, 1.807) is 0 Å². The number of carbonyl (C=O) groups excluding carboxylic acids is 1. The first-order valence-corrected chi connectivity index (χ1v) is 7.88. The Morgan fingerprint density at radius 3 is 2.57 bits per heavy atom. The highest BCUT2D eigenvalue weighted by molar-refractivity contribution is 7.92. The molecule has 1 aromatic rings. The number of nitrogens with one attached hydrogen (secondary N) is 1. The van der Waals surface area contributed by atoms with Crippen molar-refractivity contribution in [2.75, 3.05) is 17.6 Å². The standard InChI is InChI=1S/C12H14ClNO6S/c1-20-11(15)3-2-6-21(18,19)14-10-5-4-8(12(16)17)7-9(10)13/h4-5,7,14H,2-3,6H2,1H3,(H,16,17). The van der Waals surface area contributed by atoms with Gasteiger partial charge in [0.05, 0.1) is 29.1 Å². The average Bonchev–Trinajstić information content (AvgIpc) is 2.40. The van der Waals surface area contributed by atoms with Gasteiger partial charge < -0.3 is 9.84 Å². The molecule has 0 amide bonds. The molecule has 0 saturated carbocycles. The van der Waals surface area contributed by atoms with Crippen molar-refractivity contribution in [2.45, 2.75) is 12.8 Å². The van der Waals surface area contributed by atoms with E-state index >= 15 is 0 Å². The molecule has 0 unspecified atom stereocenters. The number of halogens is 1. The van der Waals surface area contributed by atoms with Crippen molar-refractivity contribution in [3.63, 3.8) is 0 Å². The zero-order valence-corrected chi connectivity index (χ0v) is 12.7. The summed E-state index contributed by atoms with van der Waals surface area (Å²) in [5.74, 6) is -1.93. The van der Waals surface area contributed by atoms with Crippen LogP contribution in [0.5, 0.6) is 0 Å². The van der Waals surface area contributed by atoms with Gasteiger partial charge in [0.1, 0.15) is 0 Å². The van der Waals surface area contributed by atoms with Gasteiger partial charge in [-0.2, -0.15) is 0 Å². The highest BCUT2D eigenvalue weighted by Gasteiger charge is 2.15. The van der Waals surface area contributed by atoms with E-state index in [-0.39, 0.29) is 34.9 Å². The second kappa shape index (κ2) is 7.28. The highest BCUT2D eigenvalue weighted by Crippen LogP contribution is 2.24. The number of methoxy groups -OCH3 is 1. The molecule has 0 radical (unpaired) electrons. The third-order valence-corrected chi connectivity index (χ3v) is 4.17. The van der Waals surface area contributed by atoms with Crippen molar-refractivity contribution < 1.29 is 27.9 Å². The fraction of sp³-hybridized carbons (Fsp3) is 0.333. The third kappa shape index (κ3) is 5.60. The summed E-state index contributed by atoms with van der Waals surface area (Å²) in [5.41, 5.74) is 0.0355. The summed E-state index contributed by atoms with van der Waals surface area (Å²) in [6.07, 6.45) is 0.0932. The van der Waals surface area contributed by atoms with Crippen LogP contribution >= 0.6 is 11.6 Å². The number of sulfonamides is 1. The Hall–Kier alpha value is -1.80. The molecule has 1 rings (SSSR count). The quantitative estimate of drug-likeness (QED) is 0.734. The molecule has 0 aromatic heterocycles. The van der Waals surface area contributed by atoms with Crippen LogP contribution in [0.1, 0.15) is 23.2 Å². The minimum Gasteiger partial charge on any atom is -0.478 e. The lowest BCUT2D eigenvalue weighted by Crippen LogP contribution is -2.18. The van der Waals surface area contributed by atoms with Gasteiger partial charge in [-0.1, -0.05) is 11.6 Å². The molecule has 0 saturated heterocycles. The maximum absolute atomic E-state index is 11.8. The average molecular weight is 336 g/mol. The maximum Gasteiger partial charge on any atom is 0.335 e. The number of anilines is 1. The minimum atomic E-state index is -3.68. The molecule has 2 N–H and O–H groups in total. The van der Waals surface area contributed by atoms with E-state index < -0.39 is 22.0 Å². The molecule has 9 heteroatoms. The number of carboxylic acid groups (broad SMARTS) is 1. The molecular weight excluding hydrogens is 322 g/mol. The van der Waals surface area contributed by atoms with Crippen LogP contribution in [0.15, 0.2) is 18.2 Å². The number of carbonyl (C=O) groups is 2. The number of hydrogen-bond acceptors (Lipinski definition) is 5. The Labute approximate surface area is 126 Å². The van der Waals surface area contributed by atoms with Gasteiger partial charge in [0, 0.05) is 6.42 Å². The molecule has 0 spiro atoms. The minimum absolute atomic E-state index is 0.0108. The number of hydrogen-bond donors (Lipinski definition) is 2. The normalized spacial score (nSPS) is 11.0. The second-order valence-corrected chi connectivity index (χ2v) is 6.35. The summed E-state index contributed by atoms with van der Waals surface area (Å²) in [4.78, 5) is 21.6. The van der Waals surface area contributed by atoms with Gasteiger partial charge in [0.15, 0.2) is 0 Å². The van der Waals surface area contributed by atoms with E-state index in [9.17, 15) is 18.0 Å². The van der Waals surface area contributed by atoms with E-state index in [0.717, 1.165) is 6.07 Å². The molecule has 116 valence electrons. The molecule has 0 bridgehead atoms. The predicted octanol–water partition coefficient (Wildman–Crippen LogP) is 1.73. The molecule has 1 aromatic carbocycles. The summed E-state index contributed by atoms with van der Waals surface area (Å²) >= 11 is 5.82. The van der Waals surface area contributed by atoms with Crippen molar-refractivity contribution in [1.29, 1.82) is 0 Å². The number of aromatic carboxylic acids is 1. The summed E-state index contributed by atoms with van der Waals surface area (Å²) in [6, 6.07) is 3.65. The van der Waals surface area contributed by atoms with Gasteiger partial charge in [-0.3, -0.25) is 9.52 Å². The number of carboxylic acids is 1. The first-order chi connectivity index (χ1) is 9.75. The molecule has 7 nitrogen and oxygen atoms in total. The molecule has 0 fully saturated rings. The number of esters is 1. The Morgan fingerprint density at radius 2 is 2.05 bits per heavy atom. The fourth-order valence-electron chi connectivity index (χ4n) is 1.46. The lowest BCUT2D eigenvalue weighted by molar-refractivity contribution is -0.140. The van der Waals surface area contributed by atoms with Crippen LogP contribution in [0.2, 0.25) is 5.02 Å². The summed E-state index contributed by atoms with van der Waals surface area (Å²) in [7, 11) is -2.46. The second-order valence-electron chi connectivity index (χ2n) is 4.10. The van der Waals surface area contributed by atoms with Crippen LogP contribution in [0.3, 0.4) is 0 Å². The SMILES string of the molecule is COC(=O)CCCS(=O)(=O)Nc1ccc(C(=O)O)cc1Cl. The zero-order chi connectivity index (χ0) is 16.0. The fourth-order valence-corrected chi connectivity index (χ4v) is 2.88. The molecule has 21 heavy (non-hydrogen) atoms. The lowest BCUT2D eigenvalue weighted by Gasteiger charge is -2.09. The highest BCUT2D eigenvalue weighted by atomic mass is 35.5. The van der Waals surface area contributed by atoms with Gasteiger partial charge in [-0.25, -0.2) is 13.2 Å². The van der Waals surface area contributed by atoms with Crippen molar-refractivity contribution in [3.8, 4) is 0 Å². The molecule has 0 atom stereocenters. The summed E-state index contributed by atoms with van der Waals surface area (Å²) in [6.45, 7) is 0. The van der Waals surface area contributed by atoms with Crippen molar-refractivity contribution in [2.24, 2.45) is 0 Å². The van der Waals surface area contributed by atoms with E-state index in [1.165, 1.54) is 19.2 Å². The van der Waals surface area contributed by atoms with Crippen LogP contribution in [0.25, 0.3) is 0 Å². The van der Waals surface area contributed by atoms with Crippen LogP contribution in [0, 0.1) is 0 Å². The van der Waals surface area contributed by atoms with E-state index in [1.807, 2.05) is 0 Å². The molecule has 0 aliphatic heterocycles. The number of ether oxygens (including phenoxy) is 1. The Morgan fingerprint density at radius 1 is 1.38 bits per heavy atom. The first-order valence-electron chi connectivity index (χ1n) is 5.85. The Kier molecular flexibility index (Phi) is 5.98. The van der Waals surface area contributed by atoms with Gasteiger partial charge in [-0.05, 0) is 24.6 Å². The summed E-state index contributed by atoms with van der Waals surface area (Å²) < 4.78 is 30.3. The van der Waals surface area contributed by atoms with Gasteiger partial charge >= 0.3 is 11.9 Å². The topological polar surface area (TPSA) is 110 Å². The van der Waals surface area contributed by atoms with Crippen molar-refractivity contribution in [1.82, 2.24) is 0 Å². The Balaban J connectivity index is 2.71. The monoisotopic (exact) mass is 335 g/mol. The Bertz CT molecular complexity index is 643. The molecule has 0 aliphatic carbocycles. The van der Waals surface area contributed by atoms with Crippen LogP contribution in [0.4, 0.5) is 5.69 Å². The zero-order valence-electron chi connectivity index (χ0n) is 11.1. The van der Waals surface area contributed by atoms with Gasteiger partial charge in [-0.15, -0.1) is 0 Å². The van der Waals surface area contributed by atoms with Gasteiger partial charge in [0.2, 0.25) is 10.0 Å². The number of rotatable bonds is 7. The molecule has 0 heterocycles. The number of benzene rings is 1. The van der Waals surface area contributed by atoms with E-state index in [0.29, 0.717) is 0 Å². The van der Waals surface area contributed by atoms with E-state index in [2.05, 4.69) is 9.46 Å². The smallest absolute Gasteiger partial charge is 0.335 e. The summed E-state index contributed by atoms with van der Waals surface area (Å²) in [5, 5.41) is 8.76. The largest absolute Gasteiger partial charge is 0.478 e. The van der Waals surface area contributed by atoms with Gasteiger partial charge in [0.25, 0.3) is 0 Å². The van der Waals surface area contributed by atoms with Crippen molar-refractivity contribution >= 4 is 39.3 Å². The van der Waals surface area contributed by atoms with Crippen LogP contribution < -0.4 is 4.72 Å². The molecular formula is C12H14ClNO6S. The van der Waals surface area contributed by atoms with Crippen LogP contribution in [-0.4, -0.2) is 38.3 Å². The van der Waals surface area contributed by atoms with Crippen molar-refractivity contribution in [3.05, 3.63) is 28.8 Å². The predicted molar refractivity (Wildman–Crippen MR) is 77.1 cm³/mol.